The summed E-state index contributed by atoms with van der Waals surface area (Å²) in [4.78, 5) is 16.2. The zero-order valence-electron chi connectivity index (χ0n) is 9.81. The van der Waals surface area contributed by atoms with Crippen molar-refractivity contribution in [2.24, 2.45) is 4.99 Å². The van der Waals surface area contributed by atoms with Crippen LogP contribution in [0.2, 0.25) is 0 Å². The van der Waals surface area contributed by atoms with Crippen LogP contribution < -0.4 is 0 Å². The van der Waals surface area contributed by atoms with Crippen molar-refractivity contribution in [1.82, 2.24) is 0 Å². The van der Waals surface area contributed by atoms with Gasteiger partial charge in [-0.25, -0.2) is 0 Å². The molecule has 1 aliphatic rings. The number of benzene rings is 1. The molecule has 90 valence electrons. The molecular formula is C13H15NOS2. The highest BCUT2D eigenvalue weighted by Gasteiger charge is 2.11. The van der Waals surface area contributed by atoms with E-state index >= 15 is 0 Å². The van der Waals surface area contributed by atoms with Gasteiger partial charge >= 0.3 is 0 Å². The van der Waals surface area contributed by atoms with Gasteiger partial charge in [-0.05, 0) is 12.0 Å². The fourth-order valence-corrected chi connectivity index (χ4v) is 3.44. The van der Waals surface area contributed by atoms with Crippen molar-refractivity contribution in [2.75, 3.05) is 18.1 Å². The molecule has 2 nitrogen and oxygen atoms in total. The summed E-state index contributed by atoms with van der Waals surface area (Å²) >= 11 is 3.31. The highest BCUT2D eigenvalue weighted by molar-refractivity contribution is 8.39. The van der Waals surface area contributed by atoms with E-state index in [2.05, 4.69) is 11.9 Å². The smallest absolute Gasteiger partial charge is 0.173 e. The largest absolute Gasteiger partial charge is 0.293 e. The molecule has 0 atom stereocenters. The third-order valence-corrected chi connectivity index (χ3v) is 4.82. The third kappa shape index (κ3) is 3.61. The predicted octanol–water partition coefficient (Wildman–Crippen LogP) is 3.27. The molecule has 0 spiro atoms. The van der Waals surface area contributed by atoms with Crippen LogP contribution in [0.25, 0.3) is 0 Å². The number of ketones is 1. The number of nitrogens with zero attached hydrogens (tertiary/aromatic N) is 1. The van der Waals surface area contributed by atoms with E-state index in [1.165, 1.54) is 5.56 Å². The molecule has 1 heterocycles. The average Bonchev–Trinajstić information content (AvgIpc) is 2.89. The van der Waals surface area contributed by atoms with E-state index in [0.29, 0.717) is 5.75 Å². The molecule has 0 fully saturated rings. The lowest BCUT2D eigenvalue weighted by atomic mass is 10.1. The topological polar surface area (TPSA) is 29.4 Å². The number of thioether (sulfide) groups is 2. The minimum Gasteiger partial charge on any atom is -0.293 e. The molecule has 0 aliphatic carbocycles. The summed E-state index contributed by atoms with van der Waals surface area (Å²) in [6.45, 7) is 3.01. The molecule has 0 radical (unpaired) electrons. The Morgan fingerprint density at radius 2 is 2.18 bits per heavy atom. The first-order valence-electron chi connectivity index (χ1n) is 5.72. The molecule has 0 bridgehead atoms. The summed E-state index contributed by atoms with van der Waals surface area (Å²) in [5, 5.41) is 0. The lowest BCUT2D eigenvalue weighted by Crippen LogP contribution is -2.03. The van der Waals surface area contributed by atoms with Gasteiger partial charge < -0.3 is 0 Å². The summed E-state index contributed by atoms with van der Waals surface area (Å²) in [5.74, 6) is 1.74. The van der Waals surface area contributed by atoms with Gasteiger partial charge in [0.15, 0.2) is 5.78 Å². The van der Waals surface area contributed by atoms with E-state index in [0.717, 1.165) is 28.7 Å². The molecule has 1 aromatic carbocycles. The first kappa shape index (κ1) is 12.7. The third-order valence-electron chi connectivity index (χ3n) is 2.57. The molecule has 2 rings (SSSR count). The maximum absolute atomic E-state index is 11.9. The van der Waals surface area contributed by atoms with Crippen molar-refractivity contribution in [3.8, 4) is 0 Å². The Morgan fingerprint density at radius 1 is 1.41 bits per heavy atom. The minimum absolute atomic E-state index is 0.188. The number of aryl methyl sites for hydroxylation is 1. The number of Topliss-reactive ketones (excluding diaryl/α,β-unsaturated/α-hetero) is 1. The summed E-state index contributed by atoms with van der Waals surface area (Å²) in [6.07, 6.45) is 1.01. The Morgan fingerprint density at radius 3 is 2.76 bits per heavy atom. The fourth-order valence-electron chi connectivity index (χ4n) is 1.54. The van der Waals surface area contributed by atoms with Gasteiger partial charge in [0, 0.05) is 11.3 Å². The lowest BCUT2D eigenvalue weighted by molar-refractivity contribution is 0.102. The highest BCUT2D eigenvalue weighted by atomic mass is 32.2. The molecule has 1 aromatic rings. The quantitative estimate of drug-likeness (QED) is 0.783. The van der Waals surface area contributed by atoms with Crippen LogP contribution in [-0.4, -0.2) is 28.2 Å². The van der Waals surface area contributed by atoms with E-state index in [4.69, 9.17) is 0 Å². The Hall–Kier alpha value is -0.740. The Bertz CT molecular complexity index is 426. The molecule has 0 saturated carbocycles. The van der Waals surface area contributed by atoms with Crippen molar-refractivity contribution in [2.45, 2.75) is 13.3 Å². The van der Waals surface area contributed by atoms with Crippen molar-refractivity contribution in [3.63, 3.8) is 0 Å². The van der Waals surface area contributed by atoms with Gasteiger partial charge in [-0.1, -0.05) is 54.7 Å². The van der Waals surface area contributed by atoms with Crippen molar-refractivity contribution in [1.29, 1.82) is 0 Å². The molecule has 1 aliphatic heterocycles. The fraction of sp³-hybridized carbons (Fsp3) is 0.385. The monoisotopic (exact) mass is 265 g/mol. The summed E-state index contributed by atoms with van der Waals surface area (Å²) in [5.41, 5.74) is 2.07. The molecule has 0 saturated heterocycles. The van der Waals surface area contributed by atoms with Crippen LogP contribution in [0, 0.1) is 0 Å². The predicted molar refractivity (Wildman–Crippen MR) is 77.4 cm³/mol. The first-order chi connectivity index (χ1) is 8.29. The second kappa shape index (κ2) is 6.26. The van der Waals surface area contributed by atoms with Gasteiger partial charge in [-0.3, -0.25) is 9.79 Å². The van der Waals surface area contributed by atoms with Crippen LogP contribution in [-0.2, 0) is 6.42 Å². The van der Waals surface area contributed by atoms with Crippen LogP contribution in [0.5, 0.6) is 0 Å². The summed E-state index contributed by atoms with van der Waals surface area (Å²) < 4.78 is 1.06. The second-order valence-corrected chi connectivity index (χ2v) is 6.06. The van der Waals surface area contributed by atoms with Crippen LogP contribution in [0.1, 0.15) is 22.8 Å². The maximum Gasteiger partial charge on any atom is 0.173 e. The van der Waals surface area contributed by atoms with Gasteiger partial charge in [0.2, 0.25) is 0 Å². The van der Waals surface area contributed by atoms with Crippen molar-refractivity contribution in [3.05, 3.63) is 35.4 Å². The second-order valence-electron chi connectivity index (χ2n) is 3.76. The minimum atomic E-state index is 0.188. The molecule has 4 heteroatoms. The molecule has 0 N–H and O–H groups in total. The van der Waals surface area contributed by atoms with E-state index < -0.39 is 0 Å². The Kier molecular flexibility index (Phi) is 4.68. The van der Waals surface area contributed by atoms with Crippen molar-refractivity contribution >= 4 is 33.7 Å². The number of hydrogen-bond acceptors (Lipinski definition) is 4. The van der Waals surface area contributed by atoms with E-state index in [-0.39, 0.29) is 5.78 Å². The molecular weight excluding hydrogens is 250 g/mol. The van der Waals surface area contributed by atoms with Gasteiger partial charge in [0.1, 0.15) is 4.38 Å². The molecule has 17 heavy (non-hydrogen) atoms. The standard InChI is InChI=1S/C13H15NOS2/c1-2-10-3-5-11(6-4-10)12(15)9-17-13-14-7-8-16-13/h3-6H,2,7-9H2,1H3. The highest BCUT2D eigenvalue weighted by Crippen LogP contribution is 2.22. The van der Waals surface area contributed by atoms with E-state index in [1.807, 2.05) is 24.3 Å². The van der Waals surface area contributed by atoms with Gasteiger partial charge in [-0.15, -0.1) is 0 Å². The van der Waals surface area contributed by atoms with Crippen LogP contribution in [0.4, 0.5) is 0 Å². The molecule has 0 unspecified atom stereocenters. The average molecular weight is 265 g/mol. The number of aliphatic imine (C=N–C) groups is 1. The maximum atomic E-state index is 11.9. The van der Waals surface area contributed by atoms with Crippen LogP contribution in [0.3, 0.4) is 0 Å². The number of carbonyl (C=O) groups is 1. The van der Waals surface area contributed by atoms with Crippen LogP contribution >= 0.6 is 23.5 Å². The number of rotatable bonds is 4. The van der Waals surface area contributed by atoms with Crippen LogP contribution in [0.15, 0.2) is 29.3 Å². The zero-order valence-corrected chi connectivity index (χ0v) is 11.4. The summed E-state index contributed by atoms with van der Waals surface area (Å²) in [6, 6.07) is 7.90. The number of hydrogen-bond donors (Lipinski definition) is 0. The van der Waals surface area contributed by atoms with E-state index in [1.54, 1.807) is 23.5 Å². The zero-order chi connectivity index (χ0) is 12.1. The van der Waals surface area contributed by atoms with Crippen molar-refractivity contribution < 1.29 is 4.79 Å². The number of carbonyl (C=O) groups excluding carboxylic acids is 1. The molecule has 0 aromatic heterocycles. The Labute approximate surface area is 110 Å². The molecule has 0 amide bonds. The SMILES string of the molecule is CCc1ccc(C(=O)CSC2=NCCS2)cc1. The summed E-state index contributed by atoms with van der Waals surface area (Å²) in [7, 11) is 0. The van der Waals surface area contributed by atoms with Gasteiger partial charge in [-0.2, -0.15) is 0 Å². The first-order valence-corrected chi connectivity index (χ1v) is 7.69. The Balaban J connectivity index is 1.90. The van der Waals surface area contributed by atoms with Gasteiger partial charge in [0.25, 0.3) is 0 Å². The van der Waals surface area contributed by atoms with Gasteiger partial charge in [0.05, 0.1) is 12.3 Å². The van der Waals surface area contributed by atoms with E-state index in [9.17, 15) is 4.79 Å². The lowest BCUT2D eigenvalue weighted by Gasteiger charge is -2.02. The normalized spacial score (nSPS) is 14.8.